The summed E-state index contributed by atoms with van der Waals surface area (Å²) in [6.07, 6.45) is 0. The highest BCUT2D eigenvalue weighted by Crippen LogP contribution is 2.33. The zero-order valence-corrected chi connectivity index (χ0v) is 10.9. The summed E-state index contributed by atoms with van der Waals surface area (Å²) < 4.78 is 5.62. The molecule has 0 fully saturated rings. The van der Waals surface area contributed by atoms with Gasteiger partial charge in [-0.3, -0.25) is 0 Å². The van der Waals surface area contributed by atoms with Crippen LogP contribution in [0.25, 0.3) is 0 Å². The van der Waals surface area contributed by atoms with Crippen molar-refractivity contribution >= 4 is 23.3 Å². The molecule has 2 aromatic carbocycles. The molecule has 0 aliphatic heterocycles. The topological polar surface area (TPSA) is 72.5 Å². The Labute approximate surface area is 115 Å². The van der Waals surface area contributed by atoms with Crippen LogP contribution in [0.4, 0.5) is 5.69 Å². The summed E-state index contributed by atoms with van der Waals surface area (Å²) in [7, 11) is 0. The Balaban J connectivity index is 2.46. The van der Waals surface area contributed by atoms with Gasteiger partial charge in [0.05, 0.1) is 5.69 Å². The first kappa shape index (κ1) is 13.2. The molecule has 0 unspecified atom stereocenters. The minimum absolute atomic E-state index is 0.0225. The molecule has 0 heterocycles. The summed E-state index contributed by atoms with van der Waals surface area (Å²) in [6.45, 7) is 1.82. The van der Waals surface area contributed by atoms with E-state index in [-0.39, 0.29) is 17.0 Å². The lowest BCUT2D eigenvalue weighted by atomic mass is 10.1. The molecule has 3 N–H and O–H groups in total. The fraction of sp³-hybridized carbons (Fsp3) is 0.0714. The minimum atomic E-state index is -1.09. The Bertz CT molecular complexity index is 641. The number of rotatable bonds is 3. The molecule has 5 heteroatoms. The van der Waals surface area contributed by atoms with Crippen LogP contribution in [-0.2, 0) is 0 Å². The number of anilines is 1. The van der Waals surface area contributed by atoms with Gasteiger partial charge >= 0.3 is 5.97 Å². The van der Waals surface area contributed by atoms with Crippen LogP contribution in [0.2, 0.25) is 5.02 Å². The van der Waals surface area contributed by atoms with Gasteiger partial charge in [-0.2, -0.15) is 0 Å². The van der Waals surface area contributed by atoms with Gasteiger partial charge in [0, 0.05) is 5.02 Å². The molecule has 0 aliphatic rings. The molecule has 98 valence electrons. The second-order valence-corrected chi connectivity index (χ2v) is 4.48. The molecule has 2 rings (SSSR count). The van der Waals surface area contributed by atoms with Crippen molar-refractivity contribution in [3.63, 3.8) is 0 Å². The highest BCUT2D eigenvalue weighted by Gasteiger charge is 2.15. The Hall–Kier alpha value is -2.20. The number of benzene rings is 2. The molecule has 0 amide bonds. The van der Waals surface area contributed by atoms with E-state index >= 15 is 0 Å². The van der Waals surface area contributed by atoms with Crippen LogP contribution in [-0.4, -0.2) is 11.1 Å². The smallest absolute Gasteiger partial charge is 0.339 e. The van der Waals surface area contributed by atoms with E-state index < -0.39 is 5.97 Å². The van der Waals surface area contributed by atoms with E-state index in [9.17, 15) is 4.79 Å². The first-order chi connectivity index (χ1) is 8.99. The molecule has 2 aromatic rings. The second kappa shape index (κ2) is 5.20. The summed E-state index contributed by atoms with van der Waals surface area (Å²) in [5, 5.41) is 9.71. The van der Waals surface area contributed by atoms with Crippen molar-refractivity contribution < 1.29 is 14.6 Å². The third kappa shape index (κ3) is 2.80. The molecular formula is C14H12ClNO3. The summed E-state index contributed by atoms with van der Waals surface area (Å²) in [4.78, 5) is 11.1. The Morgan fingerprint density at radius 3 is 2.68 bits per heavy atom. The third-order valence-corrected chi connectivity index (χ3v) is 2.86. The Morgan fingerprint density at radius 1 is 1.32 bits per heavy atom. The number of aromatic carboxylic acids is 1. The third-order valence-electron chi connectivity index (χ3n) is 2.62. The van der Waals surface area contributed by atoms with E-state index in [1.807, 2.05) is 6.92 Å². The van der Waals surface area contributed by atoms with Gasteiger partial charge in [-0.25, -0.2) is 4.79 Å². The van der Waals surface area contributed by atoms with E-state index in [0.29, 0.717) is 10.8 Å². The first-order valence-corrected chi connectivity index (χ1v) is 5.92. The fourth-order valence-corrected chi connectivity index (χ4v) is 1.90. The van der Waals surface area contributed by atoms with Crippen LogP contribution in [0.5, 0.6) is 11.5 Å². The number of para-hydroxylation sites is 1. The number of ether oxygens (including phenoxy) is 1. The summed E-state index contributed by atoms with van der Waals surface area (Å²) >= 11 is 5.86. The fourth-order valence-electron chi connectivity index (χ4n) is 1.67. The Kier molecular flexibility index (Phi) is 3.62. The zero-order chi connectivity index (χ0) is 14.0. The maximum Gasteiger partial charge on any atom is 0.339 e. The number of halogens is 1. The van der Waals surface area contributed by atoms with Gasteiger partial charge in [-0.1, -0.05) is 17.7 Å². The number of nitrogen functional groups attached to an aromatic ring is 1. The number of hydrogen-bond donors (Lipinski definition) is 2. The molecular weight excluding hydrogens is 266 g/mol. The number of carboxylic acids is 1. The zero-order valence-electron chi connectivity index (χ0n) is 10.2. The van der Waals surface area contributed by atoms with E-state index in [1.54, 1.807) is 30.3 Å². The number of aryl methyl sites for hydroxylation is 1. The van der Waals surface area contributed by atoms with Gasteiger partial charge in [-0.05, 0) is 42.8 Å². The van der Waals surface area contributed by atoms with Crippen LogP contribution in [0.3, 0.4) is 0 Å². The van der Waals surface area contributed by atoms with Gasteiger partial charge in [0.1, 0.15) is 11.3 Å². The predicted octanol–water partition coefficient (Wildman–Crippen LogP) is 3.72. The maximum absolute atomic E-state index is 11.1. The van der Waals surface area contributed by atoms with Crippen LogP contribution in [0.1, 0.15) is 15.9 Å². The van der Waals surface area contributed by atoms with Crippen molar-refractivity contribution in [3.05, 3.63) is 52.5 Å². The summed E-state index contributed by atoms with van der Waals surface area (Å²) in [5.74, 6) is -0.431. The lowest BCUT2D eigenvalue weighted by Crippen LogP contribution is -2.03. The highest BCUT2D eigenvalue weighted by atomic mass is 35.5. The van der Waals surface area contributed by atoms with E-state index in [0.717, 1.165) is 5.56 Å². The summed E-state index contributed by atoms with van der Waals surface area (Å²) in [5.41, 5.74) is 6.87. The molecule has 0 atom stereocenters. The number of hydrogen-bond acceptors (Lipinski definition) is 3. The molecule has 19 heavy (non-hydrogen) atoms. The Morgan fingerprint density at radius 2 is 2.05 bits per heavy atom. The van der Waals surface area contributed by atoms with Gasteiger partial charge in [0.25, 0.3) is 0 Å². The van der Waals surface area contributed by atoms with Crippen molar-refractivity contribution in [2.45, 2.75) is 6.92 Å². The van der Waals surface area contributed by atoms with Crippen molar-refractivity contribution in [2.24, 2.45) is 0 Å². The number of carboxylic acid groups (broad SMARTS) is 1. The van der Waals surface area contributed by atoms with Crippen LogP contribution < -0.4 is 10.5 Å². The quantitative estimate of drug-likeness (QED) is 0.839. The van der Waals surface area contributed by atoms with Gasteiger partial charge in [-0.15, -0.1) is 0 Å². The maximum atomic E-state index is 11.1. The van der Waals surface area contributed by atoms with Gasteiger partial charge in [0.2, 0.25) is 0 Å². The molecule has 0 aromatic heterocycles. The van der Waals surface area contributed by atoms with E-state index in [4.69, 9.17) is 27.2 Å². The largest absolute Gasteiger partial charge is 0.478 e. The molecule has 0 saturated heterocycles. The minimum Gasteiger partial charge on any atom is -0.478 e. The van der Waals surface area contributed by atoms with Crippen LogP contribution >= 0.6 is 11.6 Å². The first-order valence-electron chi connectivity index (χ1n) is 5.55. The number of nitrogens with two attached hydrogens (primary N) is 1. The average Bonchev–Trinajstić information content (AvgIpc) is 2.34. The lowest BCUT2D eigenvalue weighted by Gasteiger charge is -2.13. The monoisotopic (exact) mass is 277 g/mol. The lowest BCUT2D eigenvalue weighted by molar-refractivity contribution is 0.0694. The molecule has 0 saturated carbocycles. The highest BCUT2D eigenvalue weighted by molar-refractivity contribution is 6.30. The second-order valence-electron chi connectivity index (χ2n) is 4.04. The standard InChI is InChI=1S/C14H12ClNO3/c1-8-7-9(15)5-6-12(8)19-13-10(14(17)18)3-2-4-11(13)16/h2-7H,16H2,1H3,(H,17,18). The molecule has 0 aliphatic carbocycles. The normalized spacial score (nSPS) is 10.2. The van der Waals surface area contributed by atoms with Crippen LogP contribution in [0.15, 0.2) is 36.4 Å². The van der Waals surface area contributed by atoms with Crippen molar-refractivity contribution in [3.8, 4) is 11.5 Å². The molecule has 0 spiro atoms. The summed E-state index contributed by atoms with van der Waals surface area (Å²) in [6, 6.07) is 9.68. The molecule has 0 bridgehead atoms. The van der Waals surface area contributed by atoms with Crippen LogP contribution in [0, 0.1) is 6.92 Å². The van der Waals surface area contributed by atoms with Gasteiger partial charge in [0.15, 0.2) is 5.75 Å². The van der Waals surface area contributed by atoms with Crippen molar-refractivity contribution in [1.82, 2.24) is 0 Å². The van der Waals surface area contributed by atoms with E-state index in [2.05, 4.69) is 0 Å². The number of carbonyl (C=O) groups is 1. The molecule has 0 radical (unpaired) electrons. The van der Waals surface area contributed by atoms with Gasteiger partial charge < -0.3 is 15.6 Å². The SMILES string of the molecule is Cc1cc(Cl)ccc1Oc1c(N)cccc1C(=O)O. The van der Waals surface area contributed by atoms with Crippen molar-refractivity contribution in [2.75, 3.05) is 5.73 Å². The molecule has 4 nitrogen and oxygen atoms in total. The van der Waals surface area contributed by atoms with E-state index in [1.165, 1.54) is 6.07 Å². The average molecular weight is 278 g/mol. The van der Waals surface area contributed by atoms with Crippen molar-refractivity contribution in [1.29, 1.82) is 0 Å². The predicted molar refractivity (Wildman–Crippen MR) is 74.1 cm³/mol.